The van der Waals surface area contributed by atoms with Crippen LogP contribution in [0.1, 0.15) is 74.9 Å². The third-order valence-corrected chi connectivity index (χ3v) is 23.0. The summed E-state index contributed by atoms with van der Waals surface area (Å²) in [7, 11) is 0. The number of fused-ring (bicyclic) bond motifs is 1. The van der Waals surface area contributed by atoms with Gasteiger partial charge in [-0.1, -0.05) is 235 Å². The molecule has 6 heterocycles. The number of likely N-dealkylation sites (tertiary alicyclic amines) is 1. The van der Waals surface area contributed by atoms with Gasteiger partial charge >= 0.3 is 6.18 Å². The Kier molecular flexibility index (Phi) is 25.3. The molecular weight excluding hydrogens is 1600 g/mol. The van der Waals surface area contributed by atoms with Crippen LogP contribution in [0.5, 0.6) is 0 Å². The molecular formula is C88H79ClF3N17O11S. The molecule has 10 N–H and O–H groups in total. The molecule has 2 aliphatic heterocycles. The van der Waals surface area contributed by atoms with E-state index in [4.69, 9.17) is 22.3 Å². The number of amides is 6. The van der Waals surface area contributed by atoms with Gasteiger partial charge in [0, 0.05) is 120 Å². The van der Waals surface area contributed by atoms with Crippen molar-refractivity contribution in [1.29, 1.82) is 0 Å². The Balaban J connectivity index is 0.000000446. The van der Waals surface area contributed by atoms with Crippen LogP contribution in [0.2, 0.25) is 5.02 Å². The highest BCUT2D eigenvalue weighted by Crippen LogP contribution is 2.50. The van der Waals surface area contributed by atoms with Gasteiger partial charge in [0.1, 0.15) is 5.92 Å². The number of carbonyl (C=O) groups is 6. The molecule has 15 rings (SSSR count). The minimum Gasteiger partial charge on any atom is -0.366 e. The number of nitrogens with zero attached hydrogens (tertiary/aromatic N) is 13. The second kappa shape index (κ2) is 36.4. The number of nitrogens with one attached hydrogen (secondary N) is 3. The van der Waals surface area contributed by atoms with Crippen molar-refractivity contribution in [1.82, 2.24) is 70.8 Å². The number of anilines is 2. The Morgan fingerprint density at radius 2 is 1.13 bits per heavy atom. The molecule has 13 aromatic rings. The number of piperazine rings is 1. The van der Waals surface area contributed by atoms with Crippen molar-refractivity contribution in [3.8, 4) is 11.3 Å². The number of piperidine rings is 1. The van der Waals surface area contributed by atoms with Gasteiger partial charge in [0.2, 0.25) is 33.8 Å². The summed E-state index contributed by atoms with van der Waals surface area (Å²) in [6.07, 6.45) is 3.14. The number of aromatic amines is 1. The number of nitrogens with two attached hydrogens (primary N) is 1. The molecule has 0 saturated carbocycles. The summed E-state index contributed by atoms with van der Waals surface area (Å²) in [5, 5.41) is 70.5. The number of hydroxylamine groups is 6. The van der Waals surface area contributed by atoms with Crippen molar-refractivity contribution in [3.05, 3.63) is 353 Å². The first-order valence-corrected chi connectivity index (χ1v) is 39.3. The van der Waals surface area contributed by atoms with Crippen LogP contribution in [0.4, 0.5) is 24.8 Å². The SMILES string of the molecule is NC(=O)C(O)(c1ccccc1)N1CCN(c2ncccn2)CC1.O=C(C(C(=O)N(c1cccc(C(F)(F)F)c1)C(C(=O)NO)(c1ccccc1)n1cc(Cc2ccccc2)nn1)c1ccccc1)N(O)C(C(=O)N(O)C(Sc1nccc(-c2ccc(Cl)cc2)n1)(C(=O)NO)c1ccccc1)(c1ccccc1)N1CCC(c2c[nH]c3ccccc23)CC1. The third-order valence-electron chi connectivity index (χ3n) is 21.5. The van der Waals surface area contributed by atoms with Gasteiger partial charge in [-0.05, 0) is 95.7 Å². The average molecular weight is 1680 g/mol. The highest BCUT2D eigenvalue weighted by atomic mass is 35.5. The number of aliphatic hydroxyl groups is 1. The fourth-order valence-electron chi connectivity index (χ4n) is 15.6. The van der Waals surface area contributed by atoms with E-state index >= 15 is 37.1 Å². The lowest BCUT2D eigenvalue weighted by molar-refractivity contribution is -0.256. The molecule has 0 radical (unpaired) electrons. The predicted molar refractivity (Wildman–Crippen MR) is 440 cm³/mol. The maximum Gasteiger partial charge on any atom is 0.416 e. The van der Waals surface area contributed by atoms with E-state index in [2.05, 4.69) is 30.2 Å². The lowest BCUT2D eigenvalue weighted by Crippen LogP contribution is -2.71. The number of halogens is 4. The van der Waals surface area contributed by atoms with Crippen LogP contribution in [0.15, 0.2) is 303 Å². The van der Waals surface area contributed by atoms with Crippen LogP contribution in [0.25, 0.3) is 22.2 Å². The number of rotatable bonds is 25. The third kappa shape index (κ3) is 16.7. The number of carbonyl (C=O) groups excluding carboxylic acids is 6. The first kappa shape index (κ1) is 84.1. The zero-order valence-electron chi connectivity index (χ0n) is 64.3. The van der Waals surface area contributed by atoms with Crippen molar-refractivity contribution >= 4 is 81.3 Å². The minimum atomic E-state index is -5.12. The Hall–Kier alpha value is -13.4. The van der Waals surface area contributed by atoms with Crippen molar-refractivity contribution in [2.45, 2.75) is 64.4 Å². The number of para-hydroxylation sites is 1. The molecule has 28 nitrogen and oxygen atoms in total. The normalized spacial score (nSPS) is 15.6. The molecule has 2 saturated heterocycles. The zero-order valence-corrected chi connectivity index (χ0v) is 65.9. The van der Waals surface area contributed by atoms with E-state index in [1.807, 2.05) is 41.4 Å². The van der Waals surface area contributed by atoms with Crippen molar-refractivity contribution < 1.29 is 67.9 Å². The number of thioether (sulfide) groups is 1. The minimum absolute atomic E-state index is 0.0514. The van der Waals surface area contributed by atoms with Gasteiger partial charge in [-0.3, -0.25) is 64.3 Å². The Morgan fingerprint density at radius 1 is 0.579 bits per heavy atom. The molecule has 9 aromatic carbocycles. The summed E-state index contributed by atoms with van der Waals surface area (Å²) in [5.41, 5.74) is 1.60. The van der Waals surface area contributed by atoms with E-state index in [0.717, 1.165) is 33.3 Å². The van der Waals surface area contributed by atoms with E-state index in [0.29, 0.717) is 82.6 Å². The van der Waals surface area contributed by atoms with Gasteiger partial charge in [-0.15, -0.1) is 5.10 Å². The van der Waals surface area contributed by atoms with Crippen LogP contribution in [0, 0.1) is 0 Å². The van der Waals surface area contributed by atoms with Crippen LogP contribution in [0.3, 0.4) is 0 Å². The number of aromatic nitrogens is 8. The highest BCUT2D eigenvalue weighted by Gasteiger charge is 2.64. The summed E-state index contributed by atoms with van der Waals surface area (Å²) in [6, 6.07) is 66.9. The van der Waals surface area contributed by atoms with Gasteiger partial charge in [-0.25, -0.2) is 35.6 Å². The number of hydrogen-bond acceptors (Lipinski definition) is 21. The smallest absolute Gasteiger partial charge is 0.366 e. The summed E-state index contributed by atoms with van der Waals surface area (Å²) in [4.78, 5) is 118. The molecule has 33 heteroatoms. The number of H-pyrrole nitrogens is 1. The van der Waals surface area contributed by atoms with Gasteiger partial charge in [0.25, 0.3) is 29.5 Å². The monoisotopic (exact) mass is 1670 g/mol. The summed E-state index contributed by atoms with van der Waals surface area (Å²) in [6.45, 7) is 1.75. The molecule has 4 aromatic heterocycles. The van der Waals surface area contributed by atoms with Crippen molar-refractivity contribution in [2.24, 2.45) is 5.73 Å². The predicted octanol–water partition coefficient (Wildman–Crippen LogP) is 11.8. The van der Waals surface area contributed by atoms with Crippen LogP contribution >= 0.6 is 23.4 Å². The maximum absolute atomic E-state index is 17.3. The molecule has 121 heavy (non-hydrogen) atoms. The molecule has 0 spiro atoms. The van der Waals surface area contributed by atoms with E-state index in [9.17, 15) is 30.7 Å². The molecule has 5 atom stereocenters. The number of primary amides is 1. The first-order valence-electron chi connectivity index (χ1n) is 38.1. The second-order valence-corrected chi connectivity index (χ2v) is 30.0. The van der Waals surface area contributed by atoms with E-state index in [-0.39, 0.29) is 87.2 Å². The maximum atomic E-state index is 17.3. The fourth-order valence-corrected chi connectivity index (χ4v) is 16.8. The summed E-state index contributed by atoms with van der Waals surface area (Å²) in [5.74, 6) is -10.9. The number of hydrogen-bond donors (Lipinski definition) is 9. The largest absolute Gasteiger partial charge is 0.416 e. The number of benzene rings is 9. The van der Waals surface area contributed by atoms with Crippen LogP contribution in [-0.2, 0) is 63.3 Å². The topological polar surface area (TPSA) is 371 Å². The first-order chi connectivity index (χ1) is 58.6. The van der Waals surface area contributed by atoms with Crippen molar-refractivity contribution in [2.75, 3.05) is 49.1 Å². The second-order valence-electron chi connectivity index (χ2n) is 28.4. The van der Waals surface area contributed by atoms with Crippen LogP contribution in [-0.4, -0.2) is 160 Å². The molecule has 2 aliphatic rings. The van der Waals surface area contributed by atoms with E-state index in [1.54, 1.807) is 131 Å². The zero-order chi connectivity index (χ0) is 85.1. The standard InChI is InChI=1S/C72H60ClF3N12O9S.C16H19N5O2/c73-55-35-33-49(34-36-55)60-37-40-77-68(79-60)98-71(66(92)82-95,53-27-14-5-15-28-53)88(97)67(93)70(52-25-12-4-13-26-52,84-41-38-48(39-42-84)59-45-78-61-32-17-16-31-58(59)61)87(96)64(90)62(50-21-8-2-9-22-50)63(89)86(57-30-18-29-54(44-57)72(74,75)76)69(65(91)81-94,51-23-10-3-11-24-51)85-46-56(80-83-85)43-47-19-6-1-7-20-47;17-14(22)16(23,13-5-2-1-3-6-13)21-11-9-20(10-12-21)15-18-7-4-8-19-15/h1-37,40,44-46,48,62,78,94-97H,38-39,41-43H2,(H,81,91)(H,82,92);1-8,23H,9-12H2,(H2,17,22). The van der Waals surface area contributed by atoms with E-state index in [1.165, 1.54) is 126 Å². The molecule has 6 amide bonds. The van der Waals surface area contributed by atoms with Gasteiger partial charge in [0.15, 0.2) is 5.16 Å². The fraction of sp³-hybridized carbons (Fsp3) is 0.182. The van der Waals surface area contributed by atoms with Gasteiger partial charge < -0.3 is 20.7 Å². The lowest BCUT2D eigenvalue weighted by atomic mass is 9.84. The average Bonchev–Trinajstić information content (AvgIpc) is 0.883. The van der Waals surface area contributed by atoms with E-state index < -0.39 is 80.7 Å². The Morgan fingerprint density at radius 3 is 1.73 bits per heavy atom. The Bertz CT molecular complexity index is 5780. The summed E-state index contributed by atoms with van der Waals surface area (Å²) < 4.78 is 46.7. The van der Waals surface area contributed by atoms with Gasteiger partial charge in [0.05, 0.1) is 23.1 Å². The summed E-state index contributed by atoms with van der Waals surface area (Å²) >= 11 is 6.64. The van der Waals surface area contributed by atoms with Crippen LogP contribution < -0.4 is 26.5 Å². The molecule has 0 aliphatic carbocycles. The molecule has 5 unspecified atom stereocenters. The molecule has 616 valence electrons. The Labute approximate surface area is 699 Å². The molecule has 0 bridgehead atoms. The van der Waals surface area contributed by atoms with Gasteiger partial charge in [-0.2, -0.15) is 23.3 Å². The van der Waals surface area contributed by atoms with Crippen molar-refractivity contribution in [3.63, 3.8) is 0 Å². The highest BCUT2D eigenvalue weighted by molar-refractivity contribution is 8.00. The molecule has 2 fully saturated rings. The lowest BCUT2D eigenvalue weighted by Gasteiger charge is -2.51. The number of alkyl halides is 3. The quantitative estimate of drug-likeness (QED) is 0.00641.